The van der Waals surface area contributed by atoms with E-state index in [0.717, 1.165) is 5.21 Å². The minimum absolute atomic E-state index is 1.15. The van der Waals surface area contributed by atoms with E-state index < -0.39 is 0 Å². The molecule has 1 atom stereocenters. The van der Waals surface area contributed by atoms with E-state index >= 15 is 0 Å². The third kappa shape index (κ3) is 2.30. The van der Waals surface area contributed by atoms with E-state index in [9.17, 15) is 0 Å². The van der Waals surface area contributed by atoms with E-state index in [4.69, 9.17) is 0 Å². The summed E-state index contributed by atoms with van der Waals surface area (Å²) in [7, 11) is 0. The van der Waals surface area contributed by atoms with Crippen LogP contribution in [-0.4, -0.2) is 16.9 Å². The zero-order chi connectivity index (χ0) is 3.41. The molecule has 0 radical (unpaired) electrons. The van der Waals surface area contributed by atoms with Crippen LogP contribution in [0.4, 0.5) is 0 Å². The zero-order valence-corrected chi connectivity index (χ0v) is 4.99. The Balaban J connectivity index is 2.30. The molecule has 0 rings (SSSR count). The van der Waals surface area contributed by atoms with Crippen molar-refractivity contribution in [1.29, 1.82) is 0 Å². The van der Waals surface area contributed by atoms with Gasteiger partial charge >= 0.3 is 34.7 Å². The molecule has 0 N–H and O–H groups in total. The molecule has 0 aliphatic heterocycles. The second kappa shape index (κ2) is 3.30. The predicted octanol–water partition coefficient (Wildman–Crippen LogP) is 0.224. The minimum atomic E-state index is 1.15. The van der Waals surface area contributed by atoms with Crippen LogP contribution < -0.4 is 0 Å². The third-order valence-corrected chi connectivity index (χ3v) is 0.866. The molecule has 0 aromatic heterocycles. The van der Waals surface area contributed by atoms with Gasteiger partial charge in [-0.2, -0.15) is 0 Å². The van der Waals surface area contributed by atoms with Gasteiger partial charge in [0.05, 0.1) is 0 Å². The van der Waals surface area contributed by atoms with Crippen molar-refractivity contribution in [2.45, 2.75) is 5.21 Å². The molecule has 0 nitrogen and oxygen atoms in total. The van der Waals surface area contributed by atoms with Crippen molar-refractivity contribution in [3.63, 3.8) is 0 Å². The van der Waals surface area contributed by atoms with Crippen molar-refractivity contribution < 1.29 is 0 Å². The van der Waals surface area contributed by atoms with Gasteiger partial charge in [0.1, 0.15) is 0 Å². The molecule has 1 heteroatoms. The number of allylic oxidation sites excluding steroid dienone is 1. The summed E-state index contributed by atoms with van der Waals surface area (Å²) in [5.41, 5.74) is 0. The fourth-order valence-corrected chi connectivity index (χ4v) is 0. The van der Waals surface area contributed by atoms with Crippen molar-refractivity contribution in [3.8, 4) is 0 Å². The Morgan fingerprint density at radius 2 is 2.25 bits per heavy atom. The summed E-state index contributed by atoms with van der Waals surface area (Å²) in [5, 5.41) is 1.15. The van der Waals surface area contributed by atoms with Gasteiger partial charge in [0.2, 0.25) is 0 Å². The maximum atomic E-state index is 3.49. The fourth-order valence-electron chi connectivity index (χ4n) is 0. The van der Waals surface area contributed by atoms with Gasteiger partial charge in [-0.25, -0.2) is 0 Å². The average Bonchev–Trinajstić information content (AvgIpc) is 1.37. The van der Waals surface area contributed by atoms with Gasteiger partial charge in [-0.15, -0.1) is 0 Å². The van der Waals surface area contributed by atoms with Gasteiger partial charge < -0.3 is 0 Å². The molecule has 0 saturated carbocycles. The van der Waals surface area contributed by atoms with Crippen molar-refractivity contribution in [2.24, 2.45) is 0 Å². The van der Waals surface area contributed by atoms with Gasteiger partial charge in [-0.05, 0) is 0 Å². The van der Waals surface area contributed by atoms with E-state index in [2.05, 4.69) is 6.58 Å². The normalized spacial score (nSPS) is 6.25. The molecule has 0 aliphatic rings. The standard InChI is InChI=1S/C3H7As/c1-2-3-4/h2H,1,3-4H2. The number of hydrogen-bond donors (Lipinski definition) is 0. The molecule has 4 heavy (non-hydrogen) atoms. The molecular formula is C3H7As. The first-order valence-corrected chi connectivity index (χ1v) is 2.94. The second-order valence-corrected chi connectivity index (χ2v) is 1.51. The molecule has 0 aromatic rings. The summed E-state index contributed by atoms with van der Waals surface area (Å²) in [6.07, 6.45) is 1.90. The Kier molecular flexibility index (Phi) is 3.54. The van der Waals surface area contributed by atoms with Gasteiger partial charge in [-0.3, -0.25) is 0 Å². The van der Waals surface area contributed by atoms with E-state index in [-0.39, 0.29) is 0 Å². The van der Waals surface area contributed by atoms with Crippen LogP contribution in [0.5, 0.6) is 0 Å². The summed E-state index contributed by atoms with van der Waals surface area (Å²) >= 11 is 1.71. The van der Waals surface area contributed by atoms with Crippen LogP contribution in [0.15, 0.2) is 12.7 Å². The molecule has 0 aliphatic carbocycles. The quantitative estimate of drug-likeness (QED) is 0.341. The molecule has 0 aromatic carbocycles. The van der Waals surface area contributed by atoms with Crippen LogP contribution in [0.2, 0.25) is 5.21 Å². The fraction of sp³-hybridized carbons (Fsp3) is 0.333. The first-order chi connectivity index (χ1) is 1.91. The third-order valence-electron chi connectivity index (χ3n) is 0.167. The summed E-state index contributed by atoms with van der Waals surface area (Å²) in [4.78, 5) is 0. The van der Waals surface area contributed by atoms with Gasteiger partial charge in [0.15, 0.2) is 0 Å². The van der Waals surface area contributed by atoms with E-state index in [1.807, 2.05) is 6.08 Å². The molecule has 0 bridgehead atoms. The van der Waals surface area contributed by atoms with Crippen LogP contribution in [0.1, 0.15) is 0 Å². The van der Waals surface area contributed by atoms with Gasteiger partial charge in [0, 0.05) is 0 Å². The van der Waals surface area contributed by atoms with Crippen LogP contribution in [0.25, 0.3) is 0 Å². The number of rotatable bonds is 1. The zero-order valence-electron chi connectivity index (χ0n) is 2.57. The summed E-state index contributed by atoms with van der Waals surface area (Å²) in [6.45, 7) is 3.49. The van der Waals surface area contributed by atoms with E-state index in [1.165, 1.54) is 0 Å². The second-order valence-electron chi connectivity index (χ2n) is 0.524. The molecule has 24 valence electrons. The summed E-state index contributed by atoms with van der Waals surface area (Å²) in [6, 6.07) is 0. The van der Waals surface area contributed by atoms with Crippen LogP contribution in [0, 0.1) is 0 Å². The summed E-state index contributed by atoms with van der Waals surface area (Å²) < 4.78 is 0. The topological polar surface area (TPSA) is 0 Å². The first kappa shape index (κ1) is 4.30. The molecular weight excluding hydrogens is 111 g/mol. The molecule has 0 heterocycles. The van der Waals surface area contributed by atoms with Gasteiger partial charge in [-0.1, -0.05) is 0 Å². The van der Waals surface area contributed by atoms with Crippen LogP contribution in [0.3, 0.4) is 0 Å². The number of hydrogen-bond acceptors (Lipinski definition) is 0. The Morgan fingerprint density at radius 1 is 2.00 bits per heavy atom. The van der Waals surface area contributed by atoms with Crippen LogP contribution in [-0.2, 0) is 0 Å². The average molecular weight is 118 g/mol. The molecule has 0 spiro atoms. The van der Waals surface area contributed by atoms with Crippen molar-refractivity contribution in [1.82, 2.24) is 0 Å². The monoisotopic (exact) mass is 118 g/mol. The van der Waals surface area contributed by atoms with E-state index in [1.54, 1.807) is 16.9 Å². The summed E-state index contributed by atoms with van der Waals surface area (Å²) in [5.74, 6) is 0. The maximum absolute atomic E-state index is 3.49. The SMILES string of the molecule is C=CC[AsH2]. The molecule has 0 amide bonds. The Morgan fingerprint density at radius 3 is 2.25 bits per heavy atom. The Labute approximate surface area is 35.4 Å². The predicted molar refractivity (Wildman–Crippen MR) is 23.5 cm³/mol. The van der Waals surface area contributed by atoms with Crippen molar-refractivity contribution in [2.75, 3.05) is 0 Å². The van der Waals surface area contributed by atoms with Crippen LogP contribution >= 0.6 is 0 Å². The van der Waals surface area contributed by atoms with Gasteiger partial charge in [0.25, 0.3) is 0 Å². The Bertz CT molecular complexity index is 17.2. The first-order valence-electron chi connectivity index (χ1n) is 1.22. The molecule has 0 saturated heterocycles. The molecule has 0 fully saturated rings. The molecule has 1 unspecified atom stereocenters. The Hall–Kier alpha value is 0.298. The van der Waals surface area contributed by atoms with E-state index in [0.29, 0.717) is 0 Å². The van der Waals surface area contributed by atoms with Crippen molar-refractivity contribution in [3.05, 3.63) is 12.7 Å². The van der Waals surface area contributed by atoms with Crippen molar-refractivity contribution >= 4 is 16.9 Å².